The molecule has 26 heavy (non-hydrogen) atoms. The molecule has 5 heteroatoms. The molecule has 2 spiro atoms. The lowest BCUT2D eigenvalue weighted by atomic mass is 9.50. The van der Waals surface area contributed by atoms with E-state index in [1.54, 1.807) is 7.11 Å². The van der Waals surface area contributed by atoms with Crippen LogP contribution >= 0.6 is 0 Å². The highest BCUT2D eigenvalue weighted by Crippen LogP contribution is 2.73. The zero-order valence-electron chi connectivity index (χ0n) is 15.4. The smallest absolute Gasteiger partial charge is 0.214 e. The standard InChI is InChI=1S/C21H26N2O3/c1-25-16-5-2-4-15-18(16)23(14-24)17-6-8-19-7-3-11-22-12-9-20(15,17)21(19,22)26-13-10-19/h2,4-5,14,17H,3,6-13H2,1H3. The lowest BCUT2D eigenvalue weighted by molar-refractivity contribution is -0.231. The van der Waals surface area contributed by atoms with Crippen molar-refractivity contribution in [3.63, 3.8) is 0 Å². The number of anilines is 1. The van der Waals surface area contributed by atoms with Gasteiger partial charge in [-0.3, -0.25) is 9.69 Å². The number of nitrogens with zero attached hydrogens (tertiary/aromatic N) is 2. The molecule has 1 amide bonds. The number of piperidine rings is 1. The van der Waals surface area contributed by atoms with Crippen LogP contribution < -0.4 is 9.64 Å². The summed E-state index contributed by atoms with van der Waals surface area (Å²) >= 11 is 0. The van der Waals surface area contributed by atoms with E-state index in [1.165, 1.54) is 24.8 Å². The molecule has 1 aromatic rings. The van der Waals surface area contributed by atoms with Crippen molar-refractivity contribution in [3.05, 3.63) is 23.8 Å². The molecule has 138 valence electrons. The summed E-state index contributed by atoms with van der Waals surface area (Å²) in [5, 5.41) is 0. The average molecular weight is 354 g/mol. The number of rotatable bonds is 2. The Balaban J connectivity index is 1.68. The van der Waals surface area contributed by atoms with Crippen molar-refractivity contribution >= 4 is 12.1 Å². The molecule has 0 N–H and O–H groups in total. The topological polar surface area (TPSA) is 42.0 Å². The first kappa shape index (κ1) is 15.5. The SMILES string of the molecule is COc1cccc2c1N(C=O)C1CCC34CCCN5CCC21C53OCC4. The predicted molar refractivity (Wildman–Crippen MR) is 97.4 cm³/mol. The summed E-state index contributed by atoms with van der Waals surface area (Å²) in [7, 11) is 1.70. The second kappa shape index (κ2) is 4.82. The molecular formula is C21H26N2O3. The quantitative estimate of drug-likeness (QED) is 0.766. The van der Waals surface area contributed by atoms with Gasteiger partial charge in [-0.05, 0) is 50.2 Å². The van der Waals surface area contributed by atoms with Crippen LogP contribution in [-0.2, 0) is 14.9 Å². The van der Waals surface area contributed by atoms with Crippen LogP contribution in [0.3, 0.4) is 0 Å². The number of fused-ring (bicyclic) bond motifs is 1. The molecule has 4 aliphatic heterocycles. The van der Waals surface area contributed by atoms with Gasteiger partial charge in [-0.25, -0.2) is 0 Å². The van der Waals surface area contributed by atoms with Crippen molar-refractivity contribution in [1.29, 1.82) is 0 Å². The largest absolute Gasteiger partial charge is 0.495 e. The first-order valence-electron chi connectivity index (χ1n) is 10.0. The Kier molecular flexibility index (Phi) is 2.86. The Morgan fingerprint density at radius 2 is 2.15 bits per heavy atom. The third-order valence-corrected chi connectivity index (χ3v) is 8.39. The lowest BCUT2D eigenvalue weighted by Gasteiger charge is -2.62. The number of benzene rings is 1. The molecule has 6 rings (SSSR count). The van der Waals surface area contributed by atoms with Gasteiger partial charge in [0.15, 0.2) is 0 Å². The summed E-state index contributed by atoms with van der Waals surface area (Å²) in [6.45, 7) is 3.05. The van der Waals surface area contributed by atoms with Crippen LogP contribution in [0.1, 0.15) is 44.1 Å². The number of para-hydroxylation sites is 1. The van der Waals surface area contributed by atoms with Gasteiger partial charge < -0.3 is 14.4 Å². The molecular weight excluding hydrogens is 328 g/mol. The van der Waals surface area contributed by atoms with Crippen LogP contribution in [0.2, 0.25) is 0 Å². The maximum atomic E-state index is 12.2. The highest BCUT2D eigenvalue weighted by atomic mass is 16.5. The third-order valence-electron chi connectivity index (χ3n) is 8.39. The number of hydrogen-bond donors (Lipinski definition) is 0. The van der Waals surface area contributed by atoms with Gasteiger partial charge in [0.2, 0.25) is 6.41 Å². The van der Waals surface area contributed by atoms with Gasteiger partial charge in [-0.15, -0.1) is 0 Å². The van der Waals surface area contributed by atoms with Crippen molar-refractivity contribution in [2.24, 2.45) is 5.41 Å². The number of ether oxygens (including phenoxy) is 2. The van der Waals surface area contributed by atoms with Crippen LogP contribution in [0.15, 0.2) is 18.2 Å². The van der Waals surface area contributed by atoms with Crippen LogP contribution in [0.4, 0.5) is 5.69 Å². The first-order valence-corrected chi connectivity index (χ1v) is 10.0. The number of carbonyl (C=O) groups is 1. The fourth-order valence-corrected chi connectivity index (χ4v) is 7.78. The number of methoxy groups -OCH3 is 1. The molecule has 4 atom stereocenters. The Morgan fingerprint density at radius 1 is 1.23 bits per heavy atom. The third kappa shape index (κ3) is 1.34. The van der Waals surface area contributed by atoms with E-state index < -0.39 is 0 Å². The zero-order chi connectivity index (χ0) is 17.6. The number of hydrogen-bond acceptors (Lipinski definition) is 4. The Labute approximate surface area is 154 Å². The molecule has 0 radical (unpaired) electrons. The van der Waals surface area contributed by atoms with Gasteiger partial charge in [0.1, 0.15) is 11.5 Å². The van der Waals surface area contributed by atoms with Gasteiger partial charge in [0.05, 0.1) is 24.3 Å². The highest BCUT2D eigenvalue weighted by Gasteiger charge is 2.79. The first-order chi connectivity index (χ1) is 12.7. The van der Waals surface area contributed by atoms with E-state index in [2.05, 4.69) is 17.0 Å². The molecule has 0 bridgehead atoms. The Hall–Kier alpha value is -1.59. The van der Waals surface area contributed by atoms with E-state index in [1.807, 2.05) is 11.0 Å². The van der Waals surface area contributed by atoms with Crippen LogP contribution in [0.25, 0.3) is 0 Å². The highest BCUT2D eigenvalue weighted by molar-refractivity contribution is 5.87. The van der Waals surface area contributed by atoms with Gasteiger partial charge in [0, 0.05) is 25.1 Å². The molecule has 5 aliphatic rings. The fraction of sp³-hybridized carbons (Fsp3) is 0.667. The van der Waals surface area contributed by atoms with Crippen molar-refractivity contribution in [2.45, 2.75) is 55.7 Å². The van der Waals surface area contributed by atoms with E-state index in [4.69, 9.17) is 9.47 Å². The number of carbonyl (C=O) groups excluding carboxylic acids is 1. The maximum absolute atomic E-state index is 12.2. The molecule has 1 saturated carbocycles. The summed E-state index contributed by atoms with van der Waals surface area (Å²) in [6.07, 6.45) is 8.03. The molecule has 1 aliphatic carbocycles. The summed E-state index contributed by atoms with van der Waals surface area (Å²) in [4.78, 5) is 16.9. The van der Waals surface area contributed by atoms with Crippen molar-refractivity contribution in [3.8, 4) is 5.75 Å². The minimum Gasteiger partial charge on any atom is -0.495 e. The van der Waals surface area contributed by atoms with Crippen molar-refractivity contribution in [1.82, 2.24) is 4.90 Å². The molecule has 3 saturated heterocycles. The number of amides is 1. The molecule has 5 nitrogen and oxygen atoms in total. The average Bonchev–Trinajstić information content (AvgIpc) is 3.31. The van der Waals surface area contributed by atoms with Gasteiger partial charge in [-0.1, -0.05) is 12.1 Å². The predicted octanol–water partition coefficient (Wildman–Crippen LogP) is 2.67. The Bertz CT molecular complexity index is 797. The van der Waals surface area contributed by atoms with Gasteiger partial charge >= 0.3 is 0 Å². The van der Waals surface area contributed by atoms with Gasteiger partial charge in [0.25, 0.3) is 0 Å². The summed E-state index contributed by atoms with van der Waals surface area (Å²) in [5.74, 6) is 0.813. The molecule has 4 unspecified atom stereocenters. The van der Waals surface area contributed by atoms with E-state index in [-0.39, 0.29) is 22.6 Å². The molecule has 4 heterocycles. The zero-order valence-corrected chi connectivity index (χ0v) is 15.4. The van der Waals surface area contributed by atoms with E-state index in [9.17, 15) is 4.79 Å². The monoisotopic (exact) mass is 354 g/mol. The molecule has 1 aromatic carbocycles. The minimum atomic E-state index is -0.236. The van der Waals surface area contributed by atoms with Gasteiger partial charge in [-0.2, -0.15) is 0 Å². The summed E-state index contributed by atoms with van der Waals surface area (Å²) < 4.78 is 12.5. The second-order valence-electron chi connectivity index (χ2n) is 8.76. The lowest BCUT2D eigenvalue weighted by Crippen LogP contribution is -2.72. The van der Waals surface area contributed by atoms with Crippen molar-refractivity contribution < 1.29 is 14.3 Å². The van der Waals surface area contributed by atoms with Crippen LogP contribution in [0.5, 0.6) is 5.75 Å². The second-order valence-corrected chi connectivity index (χ2v) is 8.76. The maximum Gasteiger partial charge on any atom is 0.214 e. The van der Waals surface area contributed by atoms with E-state index >= 15 is 0 Å². The Morgan fingerprint density at radius 3 is 3.00 bits per heavy atom. The summed E-state index contributed by atoms with van der Waals surface area (Å²) in [6, 6.07) is 6.49. The fourth-order valence-electron chi connectivity index (χ4n) is 7.78. The van der Waals surface area contributed by atoms with Crippen LogP contribution in [0, 0.1) is 5.41 Å². The normalized spacial score (nSPS) is 42.8. The summed E-state index contributed by atoms with van der Waals surface area (Å²) in [5.41, 5.74) is 2.16. The molecule has 0 aromatic heterocycles. The van der Waals surface area contributed by atoms with Crippen LogP contribution in [-0.4, -0.2) is 49.9 Å². The van der Waals surface area contributed by atoms with E-state index in [0.717, 1.165) is 56.8 Å². The molecule has 4 fully saturated rings. The van der Waals surface area contributed by atoms with E-state index in [0.29, 0.717) is 0 Å². The van der Waals surface area contributed by atoms with Crippen molar-refractivity contribution in [2.75, 3.05) is 31.7 Å². The minimum absolute atomic E-state index is 0.118.